The summed E-state index contributed by atoms with van der Waals surface area (Å²) in [6.45, 7) is 5.85. The van der Waals surface area contributed by atoms with Gasteiger partial charge in [-0.3, -0.25) is 14.5 Å². The first-order valence-electron chi connectivity index (χ1n) is 10.7. The zero-order valence-electron chi connectivity index (χ0n) is 17.5. The van der Waals surface area contributed by atoms with E-state index in [2.05, 4.69) is 29.2 Å². The van der Waals surface area contributed by atoms with Crippen LogP contribution in [0.4, 0.5) is 0 Å². The fourth-order valence-corrected chi connectivity index (χ4v) is 4.43. The van der Waals surface area contributed by atoms with Gasteiger partial charge < -0.3 is 9.80 Å². The van der Waals surface area contributed by atoms with E-state index in [0.29, 0.717) is 6.42 Å². The number of hydrogen-bond acceptors (Lipinski definition) is 3. The molecule has 5 nitrogen and oxygen atoms in total. The van der Waals surface area contributed by atoms with Crippen molar-refractivity contribution in [2.45, 2.75) is 32.4 Å². The van der Waals surface area contributed by atoms with Gasteiger partial charge in [0.05, 0.1) is 12.5 Å². The molecular weight excluding hydrogens is 374 g/mol. The summed E-state index contributed by atoms with van der Waals surface area (Å²) in [6.07, 6.45) is 5.05. The molecule has 5 heteroatoms. The van der Waals surface area contributed by atoms with Gasteiger partial charge in [0.15, 0.2) is 0 Å². The first kappa shape index (κ1) is 20.4. The van der Waals surface area contributed by atoms with Crippen molar-refractivity contribution in [2.24, 2.45) is 0 Å². The molecule has 0 saturated carbocycles. The van der Waals surface area contributed by atoms with Gasteiger partial charge in [-0.25, -0.2) is 0 Å². The van der Waals surface area contributed by atoms with E-state index in [9.17, 15) is 9.59 Å². The summed E-state index contributed by atoms with van der Waals surface area (Å²) in [6, 6.07) is 18.3. The molecule has 1 saturated heterocycles. The van der Waals surface area contributed by atoms with Crippen LogP contribution in [-0.4, -0.2) is 52.7 Å². The monoisotopic (exact) mass is 403 g/mol. The second kappa shape index (κ2) is 9.26. The highest BCUT2D eigenvalue weighted by Gasteiger charge is 2.30. The Bertz CT molecular complexity index is 925. The molecule has 2 amide bonds. The molecule has 30 heavy (non-hydrogen) atoms. The Balaban J connectivity index is 1.41. The van der Waals surface area contributed by atoms with E-state index in [-0.39, 0.29) is 17.9 Å². The maximum absolute atomic E-state index is 13.2. The molecule has 2 heterocycles. The number of carbonyl (C=O) groups excluding carboxylic acids is 2. The average molecular weight is 404 g/mol. The second-order valence-corrected chi connectivity index (χ2v) is 8.09. The molecule has 2 aromatic rings. The first-order chi connectivity index (χ1) is 14.6. The molecule has 0 radical (unpaired) electrons. The molecule has 0 aromatic heterocycles. The maximum Gasteiger partial charge on any atom is 0.225 e. The van der Waals surface area contributed by atoms with Crippen LogP contribution in [0.1, 0.15) is 42.5 Å². The van der Waals surface area contributed by atoms with E-state index in [1.807, 2.05) is 47.5 Å². The van der Waals surface area contributed by atoms with E-state index < -0.39 is 0 Å². The first-order valence-corrected chi connectivity index (χ1v) is 10.7. The lowest BCUT2D eigenvalue weighted by Gasteiger charge is -2.33. The predicted molar refractivity (Wildman–Crippen MR) is 118 cm³/mol. The van der Waals surface area contributed by atoms with Crippen molar-refractivity contribution in [1.82, 2.24) is 14.7 Å². The highest BCUT2D eigenvalue weighted by Crippen LogP contribution is 2.33. The summed E-state index contributed by atoms with van der Waals surface area (Å²) in [4.78, 5) is 31.5. The van der Waals surface area contributed by atoms with Gasteiger partial charge in [0.1, 0.15) is 0 Å². The zero-order valence-corrected chi connectivity index (χ0v) is 17.5. The minimum Gasteiger partial charge on any atom is -0.341 e. The Hall–Kier alpha value is -2.92. The molecule has 2 aliphatic heterocycles. The van der Waals surface area contributed by atoms with Crippen molar-refractivity contribution >= 4 is 17.9 Å². The Kier molecular flexibility index (Phi) is 6.29. The molecule has 0 bridgehead atoms. The van der Waals surface area contributed by atoms with Gasteiger partial charge in [0, 0.05) is 45.8 Å². The van der Waals surface area contributed by atoms with Gasteiger partial charge in [-0.1, -0.05) is 54.6 Å². The molecule has 1 atom stereocenters. The molecule has 2 aliphatic rings. The van der Waals surface area contributed by atoms with Crippen molar-refractivity contribution in [1.29, 1.82) is 0 Å². The van der Waals surface area contributed by atoms with Crippen molar-refractivity contribution < 1.29 is 9.59 Å². The predicted octanol–water partition coefficient (Wildman–Crippen LogP) is 3.69. The number of nitrogens with zero attached hydrogens (tertiary/aromatic N) is 3. The summed E-state index contributed by atoms with van der Waals surface area (Å²) in [5.41, 5.74) is 3.43. The summed E-state index contributed by atoms with van der Waals surface area (Å²) < 4.78 is 0. The lowest BCUT2D eigenvalue weighted by atomic mass is 9.93. The van der Waals surface area contributed by atoms with E-state index in [1.54, 1.807) is 11.8 Å². The Labute approximate surface area is 178 Å². The standard InChI is InChI=1S/C25H29N3O2/c1-20(29)28-15-12-22-10-5-6-11-23(22)24(28)18-25(30)27-14-7-13-26(16-17-27)19-21-8-3-2-4-9-21/h2-6,8-12,15,24H,7,13-14,16-19H2,1H3. The van der Waals surface area contributed by atoms with Crippen LogP contribution in [0.2, 0.25) is 0 Å². The Morgan fingerprint density at radius 2 is 1.70 bits per heavy atom. The van der Waals surface area contributed by atoms with Gasteiger partial charge >= 0.3 is 0 Å². The molecular formula is C25H29N3O2. The largest absolute Gasteiger partial charge is 0.341 e. The number of fused-ring (bicyclic) bond motifs is 1. The topological polar surface area (TPSA) is 43.9 Å². The van der Waals surface area contributed by atoms with E-state index in [0.717, 1.165) is 50.3 Å². The zero-order chi connectivity index (χ0) is 20.9. The van der Waals surface area contributed by atoms with Crippen LogP contribution in [0.25, 0.3) is 6.08 Å². The van der Waals surface area contributed by atoms with E-state index >= 15 is 0 Å². The molecule has 156 valence electrons. The molecule has 4 rings (SSSR count). The minimum absolute atomic E-state index is 0.0385. The van der Waals surface area contributed by atoms with Crippen LogP contribution in [-0.2, 0) is 16.1 Å². The van der Waals surface area contributed by atoms with Crippen LogP contribution in [0, 0.1) is 0 Å². The van der Waals surface area contributed by atoms with Crippen LogP contribution in [0.5, 0.6) is 0 Å². The summed E-state index contributed by atoms with van der Waals surface area (Å²) in [7, 11) is 0. The lowest BCUT2D eigenvalue weighted by Crippen LogP contribution is -2.39. The van der Waals surface area contributed by atoms with Crippen molar-refractivity contribution in [3.63, 3.8) is 0 Å². The fourth-order valence-electron chi connectivity index (χ4n) is 4.43. The number of amides is 2. The third-order valence-corrected chi connectivity index (χ3v) is 6.03. The normalized spacial score (nSPS) is 19.3. The van der Waals surface area contributed by atoms with Crippen LogP contribution >= 0.6 is 0 Å². The third kappa shape index (κ3) is 4.62. The minimum atomic E-state index is -0.236. The van der Waals surface area contributed by atoms with Crippen LogP contribution in [0.15, 0.2) is 60.8 Å². The lowest BCUT2D eigenvalue weighted by molar-refractivity contribution is -0.134. The van der Waals surface area contributed by atoms with Crippen molar-refractivity contribution in [3.05, 3.63) is 77.5 Å². The van der Waals surface area contributed by atoms with Gasteiger partial charge in [-0.15, -0.1) is 0 Å². The summed E-state index contributed by atoms with van der Waals surface area (Å²) >= 11 is 0. The van der Waals surface area contributed by atoms with Gasteiger partial charge in [-0.2, -0.15) is 0 Å². The third-order valence-electron chi connectivity index (χ3n) is 6.03. The van der Waals surface area contributed by atoms with Crippen molar-refractivity contribution in [2.75, 3.05) is 26.2 Å². The number of rotatable bonds is 4. The Morgan fingerprint density at radius 3 is 2.50 bits per heavy atom. The van der Waals surface area contributed by atoms with Crippen LogP contribution in [0.3, 0.4) is 0 Å². The maximum atomic E-state index is 13.2. The highest BCUT2D eigenvalue weighted by molar-refractivity contribution is 5.82. The smallest absolute Gasteiger partial charge is 0.225 e. The quantitative estimate of drug-likeness (QED) is 0.782. The second-order valence-electron chi connectivity index (χ2n) is 8.09. The SMILES string of the molecule is CC(=O)N1C=Cc2ccccc2C1CC(=O)N1CCCN(Cc2ccccc2)CC1. The molecule has 1 unspecified atom stereocenters. The number of hydrogen-bond donors (Lipinski definition) is 0. The van der Waals surface area contributed by atoms with E-state index in [4.69, 9.17) is 0 Å². The molecule has 0 spiro atoms. The fraction of sp³-hybridized carbons (Fsp3) is 0.360. The number of carbonyl (C=O) groups is 2. The summed E-state index contributed by atoms with van der Waals surface area (Å²) in [5, 5.41) is 0. The van der Waals surface area contributed by atoms with E-state index in [1.165, 1.54) is 5.56 Å². The molecule has 1 fully saturated rings. The average Bonchev–Trinajstić information content (AvgIpc) is 3.00. The van der Waals surface area contributed by atoms with Gasteiger partial charge in [-0.05, 0) is 29.2 Å². The Morgan fingerprint density at radius 1 is 0.933 bits per heavy atom. The van der Waals surface area contributed by atoms with Gasteiger partial charge in [0.2, 0.25) is 11.8 Å². The molecule has 0 N–H and O–H groups in total. The highest BCUT2D eigenvalue weighted by atomic mass is 16.2. The molecule has 0 aliphatic carbocycles. The molecule has 2 aromatic carbocycles. The summed E-state index contributed by atoms with van der Waals surface area (Å²) in [5.74, 6) is 0.0846. The van der Waals surface area contributed by atoms with Crippen molar-refractivity contribution in [3.8, 4) is 0 Å². The van der Waals surface area contributed by atoms with Crippen LogP contribution < -0.4 is 0 Å². The van der Waals surface area contributed by atoms with Gasteiger partial charge in [0.25, 0.3) is 0 Å². The number of benzene rings is 2.